The summed E-state index contributed by atoms with van der Waals surface area (Å²) in [6.45, 7) is 0. The van der Waals surface area contributed by atoms with Crippen molar-refractivity contribution in [3.05, 3.63) is 33.0 Å². The third-order valence-electron chi connectivity index (χ3n) is 2.46. The lowest BCUT2D eigenvalue weighted by Crippen LogP contribution is -2.22. The van der Waals surface area contributed by atoms with Gasteiger partial charge in [0.25, 0.3) is 5.82 Å². The zero-order valence-electron chi connectivity index (χ0n) is 11.1. The SMILES string of the molecule is Nn1c(SCC(=O)Nc2ccc(Br)cc2Br)nnc1C(F)(F)F. The average molecular weight is 475 g/mol. The van der Waals surface area contributed by atoms with E-state index in [4.69, 9.17) is 5.84 Å². The van der Waals surface area contributed by atoms with E-state index in [1.807, 2.05) is 0 Å². The fourth-order valence-corrected chi connectivity index (χ4v) is 3.28. The van der Waals surface area contributed by atoms with Crippen LogP contribution in [0.1, 0.15) is 5.82 Å². The molecule has 3 N–H and O–H groups in total. The molecule has 0 saturated heterocycles. The number of nitrogen functional groups attached to an aromatic ring is 1. The molecule has 0 bridgehead atoms. The highest BCUT2D eigenvalue weighted by Crippen LogP contribution is 2.29. The Morgan fingerprint density at radius 2 is 2.04 bits per heavy atom. The number of carbonyl (C=O) groups is 1. The first-order valence-corrected chi connectivity index (χ1v) is 8.41. The lowest BCUT2D eigenvalue weighted by Gasteiger charge is -2.08. The smallest absolute Gasteiger partial charge is 0.335 e. The number of rotatable bonds is 4. The summed E-state index contributed by atoms with van der Waals surface area (Å²) in [7, 11) is 0. The number of hydrogen-bond acceptors (Lipinski definition) is 5. The summed E-state index contributed by atoms with van der Waals surface area (Å²) in [5.74, 6) is 3.36. The predicted octanol–water partition coefficient (Wildman–Crippen LogP) is 3.27. The molecule has 0 atom stereocenters. The zero-order chi connectivity index (χ0) is 17.2. The lowest BCUT2D eigenvalue weighted by molar-refractivity contribution is -0.146. The van der Waals surface area contributed by atoms with Gasteiger partial charge in [-0.3, -0.25) is 4.79 Å². The van der Waals surface area contributed by atoms with Crippen molar-refractivity contribution < 1.29 is 18.0 Å². The first kappa shape index (κ1) is 18.1. The van der Waals surface area contributed by atoms with Crippen LogP contribution in [0.25, 0.3) is 0 Å². The summed E-state index contributed by atoms with van der Waals surface area (Å²) >= 11 is 7.31. The molecule has 23 heavy (non-hydrogen) atoms. The summed E-state index contributed by atoms with van der Waals surface area (Å²) in [5, 5.41) is 8.71. The molecule has 2 rings (SSSR count). The van der Waals surface area contributed by atoms with E-state index in [0.29, 0.717) is 14.8 Å². The van der Waals surface area contributed by atoms with Gasteiger partial charge in [-0.1, -0.05) is 27.7 Å². The third kappa shape index (κ3) is 4.61. The Balaban J connectivity index is 1.98. The van der Waals surface area contributed by atoms with Crippen LogP contribution in [0.15, 0.2) is 32.3 Å². The van der Waals surface area contributed by atoms with Crippen LogP contribution < -0.4 is 11.2 Å². The summed E-state index contributed by atoms with van der Waals surface area (Å²) < 4.78 is 39.4. The molecule has 124 valence electrons. The van der Waals surface area contributed by atoms with Crippen LogP contribution in [0.4, 0.5) is 18.9 Å². The number of carbonyl (C=O) groups excluding carboxylic acids is 1. The number of nitrogens with one attached hydrogen (secondary N) is 1. The molecule has 0 radical (unpaired) electrons. The van der Waals surface area contributed by atoms with Crippen molar-refractivity contribution in [3.63, 3.8) is 0 Å². The van der Waals surface area contributed by atoms with Crippen molar-refractivity contribution in [1.29, 1.82) is 0 Å². The van der Waals surface area contributed by atoms with Crippen molar-refractivity contribution in [2.45, 2.75) is 11.3 Å². The second kappa shape index (κ2) is 7.09. The maximum absolute atomic E-state index is 12.5. The fourth-order valence-electron chi connectivity index (χ4n) is 1.48. The number of anilines is 1. The number of benzene rings is 1. The normalized spacial score (nSPS) is 11.5. The van der Waals surface area contributed by atoms with E-state index in [1.54, 1.807) is 18.2 Å². The van der Waals surface area contributed by atoms with Crippen LogP contribution in [0, 0.1) is 0 Å². The summed E-state index contributed by atoms with van der Waals surface area (Å²) in [6.07, 6.45) is -4.70. The number of aromatic nitrogens is 3. The number of nitrogens with zero attached hydrogens (tertiary/aromatic N) is 3. The van der Waals surface area contributed by atoms with Crippen LogP contribution in [0.3, 0.4) is 0 Å². The second-order valence-corrected chi connectivity index (χ2v) is 6.85. The summed E-state index contributed by atoms with van der Waals surface area (Å²) in [4.78, 5) is 11.9. The number of nitrogens with two attached hydrogens (primary N) is 1. The molecule has 1 aromatic heterocycles. The van der Waals surface area contributed by atoms with Crippen LogP contribution in [0.5, 0.6) is 0 Å². The monoisotopic (exact) mass is 473 g/mol. The highest BCUT2D eigenvalue weighted by atomic mass is 79.9. The Morgan fingerprint density at radius 3 is 2.61 bits per heavy atom. The molecule has 0 spiro atoms. The van der Waals surface area contributed by atoms with Crippen molar-refractivity contribution in [2.24, 2.45) is 0 Å². The average Bonchev–Trinajstić information content (AvgIpc) is 2.81. The zero-order valence-corrected chi connectivity index (χ0v) is 15.1. The maximum Gasteiger partial charge on any atom is 0.453 e. The lowest BCUT2D eigenvalue weighted by atomic mass is 10.3. The molecule has 1 heterocycles. The van der Waals surface area contributed by atoms with E-state index in [2.05, 4.69) is 47.4 Å². The largest absolute Gasteiger partial charge is 0.453 e. The number of alkyl halides is 3. The first-order valence-electron chi connectivity index (χ1n) is 5.84. The van der Waals surface area contributed by atoms with E-state index in [1.165, 1.54) is 0 Å². The van der Waals surface area contributed by atoms with Crippen molar-refractivity contribution in [2.75, 3.05) is 16.9 Å². The van der Waals surface area contributed by atoms with Crippen LogP contribution in [-0.4, -0.2) is 26.5 Å². The van der Waals surface area contributed by atoms with Crippen LogP contribution in [0.2, 0.25) is 0 Å². The molecule has 0 aliphatic carbocycles. The van der Waals surface area contributed by atoms with Gasteiger partial charge in [-0.05, 0) is 34.1 Å². The minimum atomic E-state index is -4.70. The van der Waals surface area contributed by atoms with Gasteiger partial charge in [-0.25, -0.2) is 4.68 Å². The van der Waals surface area contributed by atoms with E-state index < -0.39 is 17.9 Å². The Hall–Kier alpha value is -1.27. The molecular weight excluding hydrogens is 467 g/mol. The molecule has 1 amide bonds. The molecule has 0 aliphatic rings. The molecule has 0 saturated carbocycles. The van der Waals surface area contributed by atoms with Crippen LogP contribution >= 0.6 is 43.6 Å². The van der Waals surface area contributed by atoms with Gasteiger partial charge in [0.2, 0.25) is 11.1 Å². The molecular formula is C11H8Br2F3N5OS. The van der Waals surface area contributed by atoms with Gasteiger partial charge in [-0.15, -0.1) is 10.2 Å². The minimum Gasteiger partial charge on any atom is -0.335 e. The van der Waals surface area contributed by atoms with E-state index in [0.717, 1.165) is 16.2 Å². The standard InChI is InChI=1S/C11H8Br2F3N5OS/c12-5-1-2-7(6(13)3-5)18-8(22)4-23-10-20-19-9(21(10)17)11(14,15)16/h1-3H,4,17H2,(H,18,22). The summed E-state index contributed by atoms with van der Waals surface area (Å²) in [6, 6.07) is 5.15. The van der Waals surface area contributed by atoms with Crippen LogP contribution in [-0.2, 0) is 11.0 Å². The Bertz CT molecular complexity index is 737. The fraction of sp³-hybridized carbons (Fsp3) is 0.182. The third-order valence-corrected chi connectivity index (χ3v) is 4.55. The number of thioether (sulfide) groups is 1. The first-order chi connectivity index (χ1) is 10.7. The number of hydrogen-bond donors (Lipinski definition) is 2. The molecule has 12 heteroatoms. The van der Waals surface area contributed by atoms with Gasteiger partial charge in [0.1, 0.15) is 0 Å². The van der Waals surface area contributed by atoms with E-state index in [-0.39, 0.29) is 10.9 Å². The predicted molar refractivity (Wildman–Crippen MR) is 86.4 cm³/mol. The maximum atomic E-state index is 12.5. The van der Waals surface area contributed by atoms with Gasteiger partial charge >= 0.3 is 6.18 Å². The molecule has 1 aromatic carbocycles. The highest BCUT2D eigenvalue weighted by molar-refractivity contribution is 9.11. The van der Waals surface area contributed by atoms with Gasteiger partial charge < -0.3 is 11.2 Å². The van der Waals surface area contributed by atoms with E-state index >= 15 is 0 Å². The van der Waals surface area contributed by atoms with Crippen molar-refractivity contribution >= 4 is 55.2 Å². The molecule has 0 aliphatic heterocycles. The summed E-state index contributed by atoms with van der Waals surface area (Å²) in [5.41, 5.74) is 0.531. The highest BCUT2D eigenvalue weighted by Gasteiger charge is 2.38. The number of amides is 1. The molecule has 0 unspecified atom stereocenters. The Kier molecular flexibility index (Phi) is 5.57. The second-order valence-electron chi connectivity index (χ2n) is 4.13. The van der Waals surface area contributed by atoms with Gasteiger partial charge in [-0.2, -0.15) is 13.2 Å². The van der Waals surface area contributed by atoms with Gasteiger partial charge in [0, 0.05) is 8.95 Å². The van der Waals surface area contributed by atoms with Gasteiger partial charge in [0.05, 0.1) is 11.4 Å². The quantitative estimate of drug-likeness (QED) is 0.524. The molecule has 2 aromatic rings. The minimum absolute atomic E-state index is 0.171. The molecule has 0 fully saturated rings. The van der Waals surface area contributed by atoms with Gasteiger partial charge in [0.15, 0.2) is 0 Å². The molecule has 6 nitrogen and oxygen atoms in total. The topological polar surface area (TPSA) is 85.8 Å². The van der Waals surface area contributed by atoms with Crippen molar-refractivity contribution in [1.82, 2.24) is 14.9 Å². The number of halogens is 5. The Labute approximate surface area is 149 Å². The van der Waals surface area contributed by atoms with E-state index in [9.17, 15) is 18.0 Å². The Morgan fingerprint density at radius 1 is 1.35 bits per heavy atom. The van der Waals surface area contributed by atoms with Crippen molar-refractivity contribution in [3.8, 4) is 0 Å².